The molecule has 1 heterocycles. The van der Waals surface area contributed by atoms with Crippen LogP contribution in [0.15, 0.2) is 6.33 Å². The highest BCUT2D eigenvalue weighted by atomic mass is 16.5. The van der Waals surface area contributed by atoms with Crippen LogP contribution in [0.25, 0.3) is 0 Å². The highest BCUT2D eigenvalue weighted by molar-refractivity contribution is 5.77. The van der Waals surface area contributed by atoms with E-state index in [1.165, 1.54) is 18.1 Å². The minimum absolute atomic E-state index is 0.0664. The molecule has 0 aliphatic carbocycles. The van der Waals surface area contributed by atoms with Crippen LogP contribution in [0.2, 0.25) is 0 Å². The van der Waals surface area contributed by atoms with Crippen molar-refractivity contribution in [1.82, 2.24) is 25.5 Å². The Morgan fingerprint density at radius 3 is 2.88 bits per heavy atom. The van der Waals surface area contributed by atoms with Gasteiger partial charge in [0.1, 0.15) is 12.9 Å². The topological polar surface area (TPSA) is 119 Å². The van der Waals surface area contributed by atoms with E-state index in [0.29, 0.717) is 0 Å². The molecule has 0 saturated heterocycles. The first kappa shape index (κ1) is 12.0. The van der Waals surface area contributed by atoms with Crippen molar-refractivity contribution in [3.05, 3.63) is 6.33 Å². The molecule has 9 heteroatoms. The van der Waals surface area contributed by atoms with Crippen molar-refractivity contribution in [1.29, 1.82) is 0 Å². The molecule has 0 aromatic carbocycles. The Balaban J connectivity index is 2.32. The maximum absolute atomic E-state index is 11.3. The average molecular weight is 229 g/mol. The van der Waals surface area contributed by atoms with Crippen molar-refractivity contribution in [2.24, 2.45) is 0 Å². The van der Waals surface area contributed by atoms with Gasteiger partial charge >= 0.3 is 5.97 Å². The molecule has 0 aliphatic rings. The average Bonchev–Trinajstić information content (AvgIpc) is 2.70. The van der Waals surface area contributed by atoms with E-state index < -0.39 is 18.0 Å². The van der Waals surface area contributed by atoms with Crippen molar-refractivity contribution in [3.63, 3.8) is 0 Å². The number of carboxylic acid groups (broad SMARTS) is 1. The number of ether oxygens (including phenoxy) is 1. The minimum atomic E-state index is -1.13. The number of amides is 1. The van der Waals surface area contributed by atoms with Crippen LogP contribution in [0.3, 0.4) is 0 Å². The number of methoxy groups -OCH3 is 1. The van der Waals surface area contributed by atoms with Crippen LogP contribution in [0.4, 0.5) is 0 Å². The zero-order valence-electron chi connectivity index (χ0n) is 8.53. The smallest absolute Gasteiger partial charge is 0.334 e. The summed E-state index contributed by atoms with van der Waals surface area (Å²) >= 11 is 0. The standard InChI is InChI=1S/C7H11N5O4/c1-16-5(7(14)15)2-8-6(13)3-12-4-9-10-11-12/h4-5H,2-3H2,1H3,(H,8,13)(H,14,15). The summed E-state index contributed by atoms with van der Waals surface area (Å²) in [4.78, 5) is 21.8. The SMILES string of the molecule is COC(CNC(=O)Cn1cnnn1)C(=O)O. The van der Waals surface area contributed by atoms with Gasteiger partial charge in [-0.05, 0) is 10.4 Å². The van der Waals surface area contributed by atoms with Gasteiger partial charge in [0.2, 0.25) is 5.91 Å². The van der Waals surface area contributed by atoms with Crippen molar-refractivity contribution in [2.45, 2.75) is 12.6 Å². The lowest BCUT2D eigenvalue weighted by molar-refractivity contribution is -0.148. The highest BCUT2D eigenvalue weighted by Crippen LogP contribution is 1.88. The molecule has 0 aliphatic heterocycles. The lowest BCUT2D eigenvalue weighted by atomic mass is 10.3. The van der Waals surface area contributed by atoms with Gasteiger partial charge in [-0.25, -0.2) is 9.48 Å². The fourth-order valence-electron chi connectivity index (χ4n) is 0.934. The fraction of sp³-hybridized carbons (Fsp3) is 0.571. The molecule has 2 N–H and O–H groups in total. The van der Waals surface area contributed by atoms with E-state index >= 15 is 0 Å². The molecule has 1 rings (SSSR count). The molecular formula is C7H11N5O4. The molecule has 0 fully saturated rings. The quantitative estimate of drug-likeness (QED) is 0.572. The number of aliphatic carboxylic acids is 1. The van der Waals surface area contributed by atoms with Gasteiger partial charge in [0.05, 0.1) is 6.54 Å². The van der Waals surface area contributed by atoms with Crippen molar-refractivity contribution in [2.75, 3.05) is 13.7 Å². The summed E-state index contributed by atoms with van der Waals surface area (Å²) in [6, 6.07) is 0. The monoisotopic (exact) mass is 229 g/mol. The molecule has 1 atom stereocenters. The van der Waals surface area contributed by atoms with E-state index in [-0.39, 0.29) is 13.1 Å². The van der Waals surface area contributed by atoms with E-state index in [2.05, 4.69) is 25.6 Å². The van der Waals surface area contributed by atoms with Crippen LogP contribution < -0.4 is 5.32 Å². The van der Waals surface area contributed by atoms with Gasteiger partial charge in [0.25, 0.3) is 0 Å². The molecule has 1 unspecified atom stereocenters. The summed E-state index contributed by atoms with van der Waals surface area (Å²) in [5.41, 5.74) is 0. The number of hydrogen-bond acceptors (Lipinski definition) is 6. The molecule has 9 nitrogen and oxygen atoms in total. The lowest BCUT2D eigenvalue weighted by Crippen LogP contribution is -2.39. The third kappa shape index (κ3) is 3.61. The third-order valence-corrected chi connectivity index (χ3v) is 1.74. The number of rotatable bonds is 6. The molecule has 1 aromatic rings. The van der Waals surface area contributed by atoms with Crippen molar-refractivity contribution in [3.8, 4) is 0 Å². The molecule has 1 aromatic heterocycles. The Kier molecular flexibility index (Phi) is 4.33. The Morgan fingerprint density at radius 1 is 1.62 bits per heavy atom. The molecule has 0 spiro atoms. The first-order valence-corrected chi connectivity index (χ1v) is 4.36. The van der Waals surface area contributed by atoms with Crippen LogP contribution in [0, 0.1) is 0 Å². The van der Waals surface area contributed by atoms with Crippen LogP contribution in [-0.4, -0.2) is 56.9 Å². The van der Waals surface area contributed by atoms with E-state index in [1.807, 2.05) is 0 Å². The zero-order chi connectivity index (χ0) is 12.0. The second-order valence-electron chi connectivity index (χ2n) is 2.87. The fourth-order valence-corrected chi connectivity index (χ4v) is 0.934. The zero-order valence-corrected chi connectivity index (χ0v) is 8.53. The number of carbonyl (C=O) groups is 2. The third-order valence-electron chi connectivity index (χ3n) is 1.74. The second-order valence-corrected chi connectivity index (χ2v) is 2.87. The van der Waals surface area contributed by atoms with Gasteiger partial charge < -0.3 is 15.2 Å². The molecule has 0 radical (unpaired) electrons. The minimum Gasteiger partial charge on any atom is -0.479 e. The predicted molar refractivity (Wildman–Crippen MR) is 49.3 cm³/mol. The maximum atomic E-state index is 11.3. The van der Waals surface area contributed by atoms with E-state index in [4.69, 9.17) is 5.11 Å². The number of nitrogens with one attached hydrogen (secondary N) is 1. The summed E-state index contributed by atoms with van der Waals surface area (Å²) in [5.74, 6) is -1.53. The molecule has 1 amide bonds. The summed E-state index contributed by atoms with van der Waals surface area (Å²) in [7, 11) is 1.26. The van der Waals surface area contributed by atoms with Gasteiger partial charge in [-0.2, -0.15) is 0 Å². The van der Waals surface area contributed by atoms with Crippen molar-refractivity contribution < 1.29 is 19.4 Å². The van der Waals surface area contributed by atoms with E-state index in [1.54, 1.807) is 0 Å². The van der Waals surface area contributed by atoms with Crippen LogP contribution in [0.5, 0.6) is 0 Å². The number of carbonyl (C=O) groups excluding carboxylic acids is 1. The normalized spacial score (nSPS) is 12.1. The summed E-state index contributed by atoms with van der Waals surface area (Å²) < 4.78 is 5.86. The second kappa shape index (κ2) is 5.75. The summed E-state index contributed by atoms with van der Waals surface area (Å²) in [5, 5.41) is 21.2. The van der Waals surface area contributed by atoms with Gasteiger partial charge in [-0.15, -0.1) is 5.10 Å². The van der Waals surface area contributed by atoms with Crippen LogP contribution >= 0.6 is 0 Å². The highest BCUT2D eigenvalue weighted by Gasteiger charge is 2.17. The van der Waals surface area contributed by atoms with E-state index in [9.17, 15) is 9.59 Å². The first-order chi connectivity index (χ1) is 7.63. The molecule has 88 valence electrons. The first-order valence-electron chi connectivity index (χ1n) is 4.36. The molecule has 16 heavy (non-hydrogen) atoms. The maximum Gasteiger partial charge on any atom is 0.334 e. The number of aromatic nitrogens is 4. The number of hydrogen-bond donors (Lipinski definition) is 2. The molecule has 0 bridgehead atoms. The molecular weight excluding hydrogens is 218 g/mol. The Morgan fingerprint density at radius 2 is 2.38 bits per heavy atom. The Bertz CT molecular complexity index is 352. The van der Waals surface area contributed by atoms with Gasteiger partial charge in [-0.3, -0.25) is 4.79 Å². The molecule has 0 saturated carbocycles. The largest absolute Gasteiger partial charge is 0.479 e. The van der Waals surface area contributed by atoms with Gasteiger partial charge in [0.15, 0.2) is 6.10 Å². The van der Waals surface area contributed by atoms with Crippen molar-refractivity contribution >= 4 is 11.9 Å². The number of carboxylic acids is 1. The van der Waals surface area contributed by atoms with Crippen LogP contribution in [0.1, 0.15) is 0 Å². The van der Waals surface area contributed by atoms with Gasteiger partial charge in [-0.1, -0.05) is 0 Å². The van der Waals surface area contributed by atoms with Crippen LogP contribution in [-0.2, 0) is 20.9 Å². The Labute approximate surface area is 90.4 Å². The van der Waals surface area contributed by atoms with Gasteiger partial charge in [0, 0.05) is 7.11 Å². The lowest BCUT2D eigenvalue weighted by Gasteiger charge is -2.11. The number of nitrogens with zero attached hydrogens (tertiary/aromatic N) is 4. The van der Waals surface area contributed by atoms with E-state index in [0.717, 1.165) is 0 Å². The summed E-state index contributed by atoms with van der Waals surface area (Å²) in [6.07, 6.45) is 0.225. The number of tetrazole rings is 1. The Hall–Kier alpha value is -2.03. The summed E-state index contributed by atoms with van der Waals surface area (Å²) in [6.45, 7) is -0.171. The predicted octanol–water partition coefficient (Wildman–Crippen LogP) is -2.11.